The van der Waals surface area contributed by atoms with Crippen LogP contribution in [0.15, 0.2) is 47.6 Å². The van der Waals surface area contributed by atoms with E-state index in [9.17, 15) is 13.6 Å². The summed E-state index contributed by atoms with van der Waals surface area (Å²) in [7, 11) is 0. The van der Waals surface area contributed by atoms with Gasteiger partial charge in [-0.25, -0.2) is 13.8 Å². The number of hydrogen-bond acceptors (Lipinski definition) is 3. The van der Waals surface area contributed by atoms with E-state index >= 15 is 0 Å². The first-order chi connectivity index (χ1) is 8.68. The Hall–Kier alpha value is -1.75. The van der Waals surface area contributed by atoms with Crippen LogP contribution in [0.25, 0.3) is 0 Å². The number of benzene rings is 1. The van der Waals surface area contributed by atoms with Crippen molar-refractivity contribution in [2.45, 2.75) is 5.03 Å². The molecule has 2 rings (SSSR count). The molecule has 0 aliphatic carbocycles. The van der Waals surface area contributed by atoms with Crippen LogP contribution in [0, 0.1) is 11.6 Å². The molecule has 0 amide bonds. The van der Waals surface area contributed by atoms with Crippen molar-refractivity contribution in [3.63, 3.8) is 0 Å². The van der Waals surface area contributed by atoms with Crippen molar-refractivity contribution in [1.82, 2.24) is 4.98 Å². The Kier molecular flexibility index (Phi) is 4.04. The molecule has 0 spiro atoms. The Balaban J connectivity index is 2.09. The molecule has 0 radical (unpaired) electrons. The average Bonchev–Trinajstić information content (AvgIpc) is 2.37. The van der Waals surface area contributed by atoms with Gasteiger partial charge in [-0.15, -0.1) is 0 Å². The van der Waals surface area contributed by atoms with Crippen LogP contribution in [-0.2, 0) is 0 Å². The number of rotatable bonds is 4. The third kappa shape index (κ3) is 2.92. The van der Waals surface area contributed by atoms with Crippen LogP contribution in [-0.4, -0.2) is 16.5 Å². The number of halogens is 2. The van der Waals surface area contributed by atoms with Crippen molar-refractivity contribution in [2.24, 2.45) is 0 Å². The maximum Gasteiger partial charge on any atom is 0.179 e. The molecule has 2 nitrogen and oxygen atoms in total. The second-order valence-electron chi connectivity index (χ2n) is 3.48. The molecule has 0 saturated carbocycles. The lowest BCUT2D eigenvalue weighted by Crippen LogP contribution is -2.08. The van der Waals surface area contributed by atoms with Gasteiger partial charge in [0.2, 0.25) is 0 Å². The number of carbonyl (C=O) groups is 1. The molecule has 2 aromatic rings. The van der Waals surface area contributed by atoms with Gasteiger partial charge < -0.3 is 0 Å². The normalized spacial score (nSPS) is 10.3. The van der Waals surface area contributed by atoms with E-state index in [4.69, 9.17) is 0 Å². The van der Waals surface area contributed by atoms with Crippen molar-refractivity contribution in [2.75, 3.05) is 5.75 Å². The fourth-order valence-corrected chi connectivity index (χ4v) is 2.14. The molecule has 0 saturated heterocycles. The second-order valence-corrected chi connectivity index (χ2v) is 4.47. The average molecular weight is 265 g/mol. The smallest absolute Gasteiger partial charge is 0.179 e. The molecule has 1 heterocycles. The molecule has 92 valence electrons. The quantitative estimate of drug-likeness (QED) is 0.627. The van der Waals surface area contributed by atoms with Crippen LogP contribution in [0.1, 0.15) is 10.4 Å². The van der Waals surface area contributed by atoms with Crippen LogP contribution in [0.2, 0.25) is 0 Å². The van der Waals surface area contributed by atoms with E-state index in [0.717, 1.165) is 23.9 Å². The van der Waals surface area contributed by atoms with E-state index in [1.807, 2.05) is 0 Å². The van der Waals surface area contributed by atoms with Gasteiger partial charge in [0.1, 0.15) is 11.6 Å². The number of aromatic nitrogens is 1. The van der Waals surface area contributed by atoms with Gasteiger partial charge >= 0.3 is 0 Å². The first-order valence-electron chi connectivity index (χ1n) is 5.19. The summed E-state index contributed by atoms with van der Waals surface area (Å²) >= 11 is 1.15. The molecule has 5 heteroatoms. The molecule has 0 fully saturated rings. The Morgan fingerprint density at radius 3 is 2.44 bits per heavy atom. The highest BCUT2D eigenvalue weighted by Crippen LogP contribution is 2.19. The van der Waals surface area contributed by atoms with Crippen molar-refractivity contribution >= 4 is 17.5 Å². The summed E-state index contributed by atoms with van der Waals surface area (Å²) in [5, 5.41) is 0.641. The molecule has 0 aliphatic rings. The van der Waals surface area contributed by atoms with Gasteiger partial charge in [-0.3, -0.25) is 4.79 Å². The second kappa shape index (κ2) is 5.73. The molecule has 0 atom stereocenters. The molecule has 0 N–H and O–H groups in total. The van der Waals surface area contributed by atoms with Crippen molar-refractivity contribution in [1.29, 1.82) is 0 Å². The number of Topliss-reactive ketones (excluding diaryl/α,β-unsaturated/α-hetero) is 1. The van der Waals surface area contributed by atoms with E-state index in [-0.39, 0.29) is 5.75 Å². The van der Waals surface area contributed by atoms with Crippen LogP contribution in [0.3, 0.4) is 0 Å². The van der Waals surface area contributed by atoms with Crippen molar-refractivity contribution < 1.29 is 13.6 Å². The highest BCUT2D eigenvalue weighted by molar-refractivity contribution is 7.99. The topological polar surface area (TPSA) is 30.0 Å². The maximum atomic E-state index is 13.3. The van der Waals surface area contributed by atoms with Crippen LogP contribution in [0.4, 0.5) is 8.78 Å². The lowest BCUT2D eigenvalue weighted by molar-refractivity contribution is 0.101. The third-order valence-electron chi connectivity index (χ3n) is 2.23. The molecule has 18 heavy (non-hydrogen) atoms. The van der Waals surface area contributed by atoms with E-state index in [0.29, 0.717) is 5.03 Å². The van der Waals surface area contributed by atoms with Gasteiger partial charge in [-0.05, 0) is 24.3 Å². The Labute approximate surface area is 107 Å². The number of carbonyl (C=O) groups excluding carboxylic acids is 1. The minimum Gasteiger partial charge on any atom is -0.293 e. The highest BCUT2D eigenvalue weighted by atomic mass is 32.2. The summed E-state index contributed by atoms with van der Waals surface area (Å²) in [5.74, 6) is -2.29. The Bertz CT molecular complexity index is 540. The monoisotopic (exact) mass is 265 g/mol. The first-order valence-corrected chi connectivity index (χ1v) is 6.18. The minimum absolute atomic E-state index is 0.0468. The lowest BCUT2D eigenvalue weighted by atomic mass is 10.1. The van der Waals surface area contributed by atoms with Crippen LogP contribution >= 0.6 is 11.8 Å². The summed E-state index contributed by atoms with van der Waals surface area (Å²) in [4.78, 5) is 15.7. The zero-order valence-electron chi connectivity index (χ0n) is 9.27. The van der Waals surface area contributed by atoms with Gasteiger partial charge in [0.05, 0.1) is 16.3 Å². The first kappa shape index (κ1) is 12.7. The summed E-state index contributed by atoms with van der Waals surface area (Å²) in [5.41, 5.74) is -0.485. The number of ketones is 1. The fraction of sp³-hybridized carbons (Fsp3) is 0.0769. The number of thioether (sulfide) groups is 1. The zero-order chi connectivity index (χ0) is 13.0. The Morgan fingerprint density at radius 1 is 1.11 bits per heavy atom. The van der Waals surface area contributed by atoms with Gasteiger partial charge in [0, 0.05) is 6.20 Å². The van der Waals surface area contributed by atoms with E-state index in [1.54, 1.807) is 24.4 Å². The standard InChI is InChI=1S/C13H9F2NOS/c14-9-4-3-5-10(15)13(9)11(17)8-18-12-6-1-2-7-16-12/h1-7H,8H2. The summed E-state index contributed by atoms with van der Waals surface area (Å²) < 4.78 is 26.7. The van der Waals surface area contributed by atoms with Gasteiger partial charge in [-0.1, -0.05) is 23.9 Å². The third-order valence-corrected chi connectivity index (χ3v) is 3.17. The number of nitrogens with zero attached hydrogens (tertiary/aromatic N) is 1. The van der Waals surface area contributed by atoms with E-state index in [2.05, 4.69) is 4.98 Å². The molecule has 1 aromatic heterocycles. The lowest BCUT2D eigenvalue weighted by Gasteiger charge is -2.03. The molecule has 0 aliphatic heterocycles. The maximum absolute atomic E-state index is 13.3. The van der Waals surface area contributed by atoms with Gasteiger partial charge in [-0.2, -0.15) is 0 Å². The molecule has 0 bridgehead atoms. The number of hydrogen-bond donors (Lipinski definition) is 0. The minimum atomic E-state index is -0.832. The van der Waals surface area contributed by atoms with Crippen LogP contribution < -0.4 is 0 Å². The van der Waals surface area contributed by atoms with E-state index in [1.165, 1.54) is 6.07 Å². The summed E-state index contributed by atoms with van der Waals surface area (Å²) in [6.07, 6.45) is 1.59. The zero-order valence-corrected chi connectivity index (χ0v) is 10.1. The van der Waals surface area contributed by atoms with Gasteiger partial charge in [0.15, 0.2) is 5.78 Å². The molecule has 0 unspecified atom stereocenters. The predicted molar refractivity (Wildman–Crippen MR) is 65.6 cm³/mol. The SMILES string of the molecule is O=C(CSc1ccccn1)c1c(F)cccc1F. The van der Waals surface area contributed by atoms with Crippen molar-refractivity contribution in [3.05, 3.63) is 59.8 Å². The summed E-state index contributed by atoms with van der Waals surface area (Å²) in [6.45, 7) is 0. The number of pyridine rings is 1. The molecular formula is C13H9F2NOS. The highest BCUT2D eigenvalue weighted by Gasteiger charge is 2.16. The largest absolute Gasteiger partial charge is 0.293 e. The van der Waals surface area contributed by atoms with E-state index < -0.39 is 23.0 Å². The predicted octanol–water partition coefficient (Wildman–Crippen LogP) is 3.33. The Morgan fingerprint density at radius 2 is 1.83 bits per heavy atom. The van der Waals surface area contributed by atoms with Gasteiger partial charge in [0.25, 0.3) is 0 Å². The van der Waals surface area contributed by atoms with Crippen LogP contribution in [0.5, 0.6) is 0 Å². The summed E-state index contributed by atoms with van der Waals surface area (Å²) in [6, 6.07) is 8.64. The molecule has 1 aromatic carbocycles. The fourth-order valence-electron chi connectivity index (χ4n) is 1.41. The molecular weight excluding hydrogens is 256 g/mol. The van der Waals surface area contributed by atoms with Crippen molar-refractivity contribution in [3.8, 4) is 0 Å².